The van der Waals surface area contributed by atoms with Gasteiger partial charge in [0.1, 0.15) is 5.75 Å². The van der Waals surface area contributed by atoms with Gasteiger partial charge in [0.15, 0.2) is 6.79 Å². The quantitative estimate of drug-likeness (QED) is 0.639. The standard InChI is InChI=1S/C10H10Cl2O2/c1-2-3-7-8(11)4-5-9(12)10(7)14-6-13/h2,4-5,13H,1,3,6H2. The average Bonchev–Trinajstić information content (AvgIpc) is 2.17. The first-order chi connectivity index (χ1) is 6.70. The lowest BCUT2D eigenvalue weighted by Gasteiger charge is -2.11. The molecule has 0 saturated heterocycles. The van der Waals surface area contributed by atoms with Gasteiger partial charge in [0.05, 0.1) is 5.02 Å². The van der Waals surface area contributed by atoms with Crippen LogP contribution in [0.25, 0.3) is 0 Å². The summed E-state index contributed by atoms with van der Waals surface area (Å²) in [4.78, 5) is 0. The van der Waals surface area contributed by atoms with E-state index in [0.29, 0.717) is 22.2 Å². The molecule has 0 aliphatic carbocycles. The summed E-state index contributed by atoms with van der Waals surface area (Å²) < 4.78 is 4.99. The largest absolute Gasteiger partial charge is 0.466 e. The van der Waals surface area contributed by atoms with Crippen molar-refractivity contribution >= 4 is 23.2 Å². The molecule has 0 bridgehead atoms. The molecule has 0 atom stereocenters. The summed E-state index contributed by atoms with van der Waals surface area (Å²) >= 11 is 11.8. The van der Waals surface area contributed by atoms with Crippen molar-refractivity contribution in [3.63, 3.8) is 0 Å². The van der Waals surface area contributed by atoms with Crippen LogP contribution in [-0.2, 0) is 6.42 Å². The van der Waals surface area contributed by atoms with E-state index in [2.05, 4.69) is 6.58 Å². The monoisotopic (exact) mass is 232 g/mol. The van der Waals surface area contributed by atoms with Crippen LogP contribution in [0.5, 0.6) is 5.75 Å². The Balaban J connectivity index is 3.18. The second-order valence-corrected chi connectivity index (χ2v) is 3.42. The van der Waals surface area contributed by atoms with Gasteiger partial charge >= 0.3 is 0 Å². The zero-order valence-corrected chi connectivity index (χ0v) is 8.98. The average molecular weight is 233 g/mol. The van der Waals surface area contributed by atoms with E-state index >= 15 is 0 Å². The first-order valence-corrected chi connectivity index (χ1v) is 4.77. The van der Waals surface area contributed by atoms with E-state index < -0.39 is 6.79 Å². The Morgan fingerprint density at radius 2 is 2.00 bits per heavy atom. The third kappa shape index (κ3) is 2.41. The Bertz CT molecular complexity index is 337. The number of allylic oxidation sites excluding steroid dienone is 1. The van der Waals surface area contributed by atoms with Crippen molar-refractivity contribution in [2.75, 3.05) is 6.79 Å². The lowest BCUT2D eigenvalue weighted by atomic mass is 10.1. The number of aliphatic hydroxyl groups is 1. The van der Waals surface area contributed by atoms with Crippen LogP contribution >= 0.6 is 23.2 Å². The Hall–Kier alpha value is -0.700. The van der Waals surface area contributed by atoms with Crippen molar-refractivity contribution < 1.29 is 9.84 Å². The summed E-state index contributed by atoms with van der Waals surface area (Å²) in [5, 5.41) is 9.66. The molecule has 0 spiro atoms. The molecule has 0 fully saturated rings. The van der Waals surface area contributed by atoms with Crippen LogP contribution in [0.1, 0.15) is 5.56 Å². The van der Waals surface area contributed by atoms with Gasteiger partial charge in [0.25, 0.3) is 0 Å². The van der Waals surface area contributed by atoms with Crippen LogP contribution < -0.4 is 4.74 Å². The first kappa shape index (κ1) is 11.4. The van der Waals surface area contributed by atoms with Crippen LogP contribution in [0, 0.1) is 0 Å². The number of rotatable bonds is 4. The maximum atomic E-state index is 8.68. The number of hydrogen-bond donors (Lipinski definition) is 1. The molecule has 0 unspecified atom stereocenters. The van der Waals surface area contributed by atoms with Crippen LogP contribution in [0.4, 0.5) is 0 Å². The van der Waals surface area contributed by atoms with Gasteiger partial charge in [0, 0.05) is 10.6 Å². The molecule has 1 rings (SSSR count). The summed E-state index contributed by atoms with van der Waals surface area (Å²) in [7, 11) is 0. The highest BCUT2D eigenvalue weighted by atomic mass is 35.5. The number of ether oxygens (including phenoxy) is 1. The minimum absolute atomic E-state index is 0.418. The van der Waals surface area contributed by atoms with Crippen LogP contribution in [0.3, 0.4) is 0 Å². The minimum atomic E-state index is -0.426. The highest BCUT2D eigenvalue weighted by molar-refractivity contribution is 6.34. The van der Waals surface area contributed by atoms with Gasteiger partial charge in [0.2, 0.25) is 0 Å². The lowest BCUT2D eigenvalue weighted by molar-refractivity contribution is 0.0978. The molecule has 0 aromatic heterocycles. The topological polar surface area (TPSA) is 29.5 Å². The van der Waals surface area contributed by atoms with E-state index in [-0.39, 0.29) is 0 Å². The molecule has 4 heteroatoms. The highest BCUT2D eigenvalue weighted by Gasteiger charge is 2.11. The fraction of sp³-hybridized carbons (Fsp3) is 0.200. The van der Waals surface area contributed by atoms with Gasteiger partial charge in [-0.15, -0.1) is 6.58 Å². The van der Waals surface area contributed by atoms with E-state index in [9.17, 15) is 0 Å². The maximum Gasteiger partial charge on any atom is 0.186 e. The van der Waals surface area contributed by atoms with Gasteiger partial charge < -0.3 is 9.84 Å². The maximum absolute atomic E-state index is 8.68. The predicted molar refractivity (Wildman–Crippen MR) is 58.1 cm³/mol. The van der Waals surface area contributed by atoms with Crippen LogP contribution in [0.15, 0.2) is 24.8 Å². The second kappa shape index (κ2) is 5.25. The van der Waals surface area contributed by atoms with Gasteiger partial charge in [-0.25, -0.2) is 0 Å². The zero-order chi connectivity index (χ0) is 10.6. The fourth-order valence-corrected chi connectivity index (χ4v) is 1.59. The van der Waals surface area contributed by atoms with Crippen molar-refractivity contribution in [2.24, 2.45) is 0 Å². The third-order valence-corrected chi connectivity index (χ3v) is 2.36. The lowest BCUT2D eigenvalue weighted by Crippen LogP contribution is -1.99. The number of halogens is 2. The van der Waals surface area contributed by atoms with E-state index in [4.69, 9.17) is 33.0 Å². The Morgan fingerprint density at radius 1 is 1.36 bits per heavy atom. The highest BCUT2D eigenvalue weighted by Crippen LogP contribution is 2.34. The van der Waals surface area contributed by atoms with E-state index in [1.807, 2.05) is 0 Å². The van der Waals surface area contributed by atoms with Gasteiger partial charge in [-0.3, -0.25) is 0 Å². The summed E-state index contributed by atoms with van der Waals surface area (Å²) in [5.74, 6) is 0.418. The van der Waals surface area contributed by atoms with Crippen molar-refractivity contribution in [1.82, 2.24) is 0 Å². The Labute approximate surface area is 92.7 Å². The van der Waals surface area contributed by atoms with E-state index in [1.54, 1.807) is 18.2 Å². The number of benzene rings is 1. The molecule has 14 heavy (non-hydrogen) atoms. The molecule has 0 aliphatic heterocycles. The number of aliphatic hydroxyl groups excluding tert-OH is 1. The normalized spacial score (nSPS) is 9.93. The molecule has 1 N–H and O–H groups in total. The predicted octanol–water partition coefficient (Wildman–Crippen LogP) is 3.05. The molecule has 76 valence electrons. The summed E-state index contributed by atoms with van der Waals surface area (Å²) in [6.45, 7) is 3.18. The second-order valence-electron chi connectivity index (χ2n) is 2.60. The van der Waals surface area contributed by atoms with Gasteiger partial charge in [-0.1, -0.05) is 29.3 Å². The Morgan fingerprint density at radius 3 is 2.57 bits per heavy atom. The molecule has 0 amide bonds. The van der Waals surface area contributed by atoms with Crippen LogP contribution in [-0.4, -0.2) is 11.9 Å². The number of hydrogen-bond acceptors (Lipinski definition) is 2. The molecular formula is C10H10Cl2O2. The third-order valence-electron chi connectivity index (χ3n) is 1.71. The molecule has 2 nitrogen and oxygen atoms in total. The van der Waals surface area contributed by atoms with Crippen molar-refractivity contribution in [3.05, 3.63) is 40.4 Å². The van der Waals surface area contributed by atoms with E-state index in [0.717, 1.165) is 5.56 Å². The van der Waals surface area contributed by atoms with Crippen molar-refractivity contribution in [1.29, 1.82) is 0 Å². The molecule has 0 heterocycles. The molecule has 0 saturated carbocycles. The SMILES string of the molecule is C=CCc1c(Cl)ccc(Cl)c1OCO. The van der Waals surface area contributed by atoms with Crippen LogP contribution in [0.2, 0.25) is 10.0 Å². The fourth-order valence-electron chi connectivity index (χ4n) is 1.13. The Kier molecular flexibility index (Phi) is 4.26. The summed E-state index contributed by atoms with van der Waals surface area (Å²) in [6.07, 6.45) is 2.25. The minimum Gasteiger partial charge on any atom is -0.466 e. The molecular weight excluding hydrogens is 223 g/mol. The van der Waals surface area contributed by atoms with Crippen molar-refractivity contribution in [2.45, 2.75) is 6.42 Å². The zero-order valence-electron chi connectivity index (χ0n) is 7.46. The summed E-state index contributed by atoms with van der Waals surface area (Å²) in [6, 6.07) is 3.31. The summed E-state index contributed by atoms with van der Waals surface area (Å²) in [5.41, 5.74) is 0.739. The van der Waals surface area contributed by atoms with Crippen molar-refractivity contribution in [3.8, 4) is 5.75 Å². The molecule has 0 aliphatic rings. The molecule has 1 aromatic carbocycles. The molecule has 0 radical (unpaired) electrons. The first-order valence-electron chi connectivity index (χ1n) is 4.02. The molecule has 1 aromatic rings. The van der Waals surface area contributed by atoms with E-state index in [1.165, 1.54) is 0 Å². The van der Waals surface area contributed by atoms with Gasteiger partial charge in [-0.05, 0) is 18.6 Å². The van der Waals surface area contributed by atoms with Gasteiger partial charge in [-0.2, -0.15) is 0 Å². The smallest absolute Gasteiger partial charge is 0.186 e.